The van der Waals surface area contributed by atoms with Crippen LogP contribution in [0.4, 0.5) is 0 Å². The van der Waals surface area contributed by atoms with Gasteiger partial charge < -0.3 is 4.90 Å². The van der Waals surface area contributed by atoms with Crippen molar-refractivity contribution in [3.05, 3.63) is 0 Å². The Bertz CT molecular complexity index is 200. The number of amides is 1. The van der Waals surface area contributed by atoms with E-state index in [1.807, 2.05) is 14.0 Å². The normalized spacial score (nSPS) is 29.0. The van der Waals surface area contributed by atoms with Crippen LogP contribution in [0.15, 0.2) is 0 Å². The molecule has 13 heavy (non-hydrogen) atoms. The van der Waals surface area contributed by atoms with E-state index in [0.717, 1.165) is 0 Å². The maximum atomic E-state index is 11.4. The Morgan fingerprint density at radius 1 is 1.38 bits per heavy atom. The molecule has 0 aromatic rings. The molecule has 0 unspecified atom stereocenters. The molecule has 0 aromatic heterocycles. The third kappa shape index (κ3) is 2.35. The molecule has 0 aromatic carbocycles. The fourth-order valence-electron chi connectivity index (χ4n) is 1.68. The topological polar surface area (TPSA) is 32.3 Å². The van der Waals surface area contributed by atoms with Crippen LogP contribution < -0.4 is 5.32 Å². The third-order valence-electron chi connectivity index (χ3n) is 2.33. The van der Waals surface area contributed by atoms with Gasteiger partial charge in [-0.3, -0.25) is 10.1 Å². The van der Waals surface area contributed by atoms with E-state index in [1.165, 1.54) is 0 Å². The summed E-state index contributed by atoms with van der Waals surface area (Å²) in [6, 6.07) is -0.0285. The maximum Gasteiger partial charge on any atom is 0.240 e. The van der Waals surface area contributed by atoms with Crippen molar-refractivity contribution in [2.75, 3.05) is 7.05 Å². The monoisotopic (exact) mass is 206 g/mol. The first-order chi connectivity index (χ1) is 5.34. The van der Waals surface area contributed by atoms with Gasteiger partial charge in [-0.05, 0) is 12.3 Å². The van der Waals surface area contributed by atoms with Crippen LogP contribution in [0.25, 0.3) is 0 Å². The van der Waals surface area contributed by atoms with E-state index in [9.17, 15) is 4.79 Å². The molecular formula is C9H19ClN2O. The Balaban J connectivity index is 0.00000144. The van der Waals surface area contributed by atoms with Gasteiger partial charge in [0.25, 0.3) is 0 Å². The minimum atomic E-state index is -0.0285. The number of likely N-dealkylation sites (N-methyl/N-ethyl adjacent to an activating group) is 1. The average molecular weight is 207 g/mol. The highest BCUT2D eigenvalue weighted by Crippen LogP contribution is 2.25. The number of hydrogen-bond acceptors (Lipinski definition) is 2. The molecule has 3 nitrogen and oxygen atoms in total. The SMILES string of the molecule is C[C@@H]1N[C@@H](C(C)(C)C)N(C)C1=O.Cl. The molecule has 1 N–H and O–H groups in total. The average Bonchev–Trinajstić information content (AvgIpc) is 2.15. The lowest BCUT2D eigenvalue weighted by atomic mass is 9.92. The van der Waals surface area contributed by atoms with E-state index in [-0.39, 0.29) is 35.9 Å². The minimum absolute atomic E-state index is 0. The van der Waals surface area contributed by atoms with Crippen LogP contribution in [0, 0.1) is 5.41 Å². The molecule has 0 spiro atoms. The van der Waals surface area contributed by atoms with Crippen molar-refractivity contribution in [1.29, 1.82) is 0 Å². The molecule has 78 valence electrons. The van der Waals surface area contributed by atoms with Crippen molar-refractivity contribution in [2.24, 2.45) is 5.41 Å². The number of rotatable bonds is 0. The summed E-state index contributed by atoms with van der Waals surface area (Å²) in [5.41, 5.74) is 0.106. The van der Waals surface area contributed by atoms with Gasteiger partial charge in [-0.25, -0.2) is 0 Å². The first-order valence-corrected chi connectivity index (χ1v) is 4.37. The number of halogens is 1. The summed E-state index contributed by atoms with van der Waals surface area (Å²) in [4.78, 5) is 13.2. The van der Waals surface area contributed by atoms with Gasteiger partial charge in [0.05, 0.1) is 12.2 Å². The van der Waals surface area contributed by atoms with Crippen LogP contribution in [0.1, 0.15) is 27.7 Å². The molecule has 1 aliphatic heterocycles. The largest absolute Gasteiger partial charge is 0.328 e. The summed E-state index contributed by atoms with van der Waals surface area (Å²) >= 11 is 0. The summed E-state index contributed by atoms with van der Waals surface area (Å²) in [7, 11) is 1.86. The van der Waals surface area contributed by atoms with Crippen LogP contribution in [0.3, 0.4) is 0 Å². The molecule has 1 aliphatic rings. The molecule has 2 atom stereocenters. The predicted octanol–water partition coefficient (Wildman–Crippen LogP) is 1.23. The van der Waals surface area contributed by atoms with Gasteiger partial charge in [0.2, 0.25) is 5.91 Å². The van der Waals surface area contributed by atoms with Crippen molar-refractivity contribution in [1.82, 2.24) is 10.2 Å². The predicted molar refractivity (Wildman–Crippen MR) is 55.9 cm³/mol. The van der Waals surface area contributed by atoms with Crippen LogP contribution >= 0.6 is 12.4 Å². The fraction of sp³-hybridized carbons (Fsp3) is 0.889. The lowest BCUT2D eigenvalue weighted by Crippen LogP contribution is -2.45. The number of nitrogens with one attached hydrogen (secondary N) is 1. The molecule has 1 amide bonds. The first-order valence-electron chi connectivity index (χ1n) is 4.37. The van der Waals surface area contributed by atoms with Crippen LogP contribution in [-0.2, 0) is 4.79 Å². The smallest absolute Gasteiger partial charge is 0.240 e. The highest BCUT2D eigenvalue weighted by Gasteiger charge is 2.39. The van der Waals surface area contributed by atoms with Crippen LogP contribution in [0.2, 0.25) is 0 Å². The summed E-state index contributed by atoms with van der Waals surface area (Å²) in [6.45, 7) is 8.30. The van der Waals surface area contributed by atoms with Crippen LogP contribution in [0.5, 0.6) is 0 Å². The zero-order valence-corrected chi connectivity index (χ0v) is 9.73. The van der Waals surface area contributed by atoms with Gasteiger partial charge in [0, 0.05) is 7.05 Å². The number of carbonyl (C=O) groups is 1. The Labute approximate surface area is 86.3 Å². The fourth-order valence-corrected chi connectivity index (χ4v) is 1.68. The minimum Gasteiger partial charge on any atom is -0.328 e. The maximum absolute atomic E-state index is 11.4. The molecule has 1 heterocycles. The van der Waals surface area contributed by atoms with E-state index in [1.54, 1.807) is 4.90 Å². The first kappa shape index (κ1) is 12.7. The number of carbonyl (C=O) groups excluding carboxylic acids is 1. The van der Waals surface area contributed by atoms with Crippen molar-refractivity contribution in [3.8, 4) is 0 Å². The molecule has 0 radical (unpaired) electrons. The van der Waals surface area contributed by atoms with E-state index in [2.05, 4.69) is 26.1 Å². The van der Waals surface area contributed by atoms with E-state index < -0.39 is 0 Å². The third-order valence-corrected chi connectivity index (χ3v) is 2.33. The van der Waals surface area contributed by atoms with E-state index in [4.69, 9.17) is 0 Å². The molecule has 1 fully saturated rings. The number of hydrogen-bond donors (Lipinski definition) is 1. The van der Waals surface area contributed by atoms with Gasteiger partial charge in [-0.15, -0.1) is 12.4 Å². The quantitative estimate of drug-likeness (QED) is 0.647. The molecule has 4 heteroatoms. The number of nitrogens with zero attached hydrogens (tertiary/aromatic N) is 1. The highest BCUT2D eigenvalue weighted by molar-refractivity contribution is 5.85. The summed E-state index contributed by atoms with van der Waals surface area (Å²) < 4.78 is 0. The zero-order chi connectivity index (χ0) is 9.52. The Hall–Kier alpha value is -0.280. The van der Waals surface area contributed by atoms with Crippen LogP contribution in [-0.4, -0.2) is 30.1 Å². The second kappa shape index (κ2) is 3.84. The molecule has 1 saturated heterocycles. The molecule has 0 saturated carbocycles. The summed E-state index contributed by atoms with van der Waals surface area (Å²) in [6.07, 6.45) is 0.167. The highest BCUT2D eigenvalue weighted by atomic mass is 35.5. The molecule has 0 aliphatic carbocycles. The van der Waals surface area contributed by atoms with Gasteiger partial charge in [-0.2, -0.15) is 0 Å². The molecular weight excluding hydrogens is 188 g/mol. The standard InChI is InChI=1S/C9H18N2O.ClH/c1-6-7(12)11(5)8(10-6)9(2,3)4;/h6,8,10H,1-5H3;1H/t6-,8+;/m0./s1. The van der Waals surface area contributed by atoms with Crippen molar-refractivity contribution < 1.29 is 4.79 Å². The van der Waals surface area contributed by atoms with Gasteiger partial charge >= 0.3 is 0 Å². The van der Waals surface area contributed by atoms with Crippen molar-refractivity contribution in [3.63, 3.8) is 0 Å². The lowest BCUT2D eigenvalue weighted by Gasteiger charge is -2.32. The van der Waals surface area contributed by atoms with Gasteiger partial charge in [0.1, 0.15) is 0 Å². The Morgan fingerprint density at radius 3 is 2.00 bits per heavy atom. The second-order valence-corrected chi connectivity index (χ2v) is 4.61. The van der Waals surface area contributed by atoms with Gasteiger partial charge in [-0.1, -0.05) is 20.8 Å². The second-order valence-electron chi connectivity index (χ2n) is 4.61. The zero-order valence-electron chi connectivity index (χ0n) is 8.92. The summed E-state index contributed by atoms with van der Waals surface area (Å²) in [5.74, 6) is 0.190. The van der Waals surface area contributed by atoms with E-state index in [0.29, 0.717) is 0 Å². The molecule has 0 bridgehead atoms. The van der Waals surface area contributed by atoms with Crippen molar-refractivity contribution >= 4 is 18.3 Å². The van der Waals surface area contributed by atoms with Gasteiger partial charge in [0.15, 0.2) is 0 Å². The summed E-state index contributed by atoms with van der Waals surface area (Å²) in [5, 5.41) is 3.27. The van der Waals surface area contributed by atoms with E-state index >= 15 is 0 Å². The lowest BCUT2D eigenvalue weighted by molar-refractivity contribution is -0.129. The Kier molecular flexibility index (Phi) is 3.76. The molecule has 1 rings (SSSR count). The van der Waals surface area contributed by atoms with Crippen molar-refractivity contribution in [2.45, 2.75) is 39.9 Å². The Morgan fingerprint density at radius 2 is 1.85 bits per heavy atom.